The van der Waals surface area contributed by atoms with Crippen molar-refractivity contribution in [3.05, 3.63) is 52.0 Å². The van der Waals surface area contributed by atoms with Crippen LogP contribution in [0.1, 0.15) is 34.4 Å². The monoisotopic (exact) mass is 332 g/mol. The van der Waals surface area contributed by atoms with Gasteiger partial charge in [0.1, 0.15) is 10.7 Å². The van der Waals surface area contributed by atoms with Crippen molar-refractivity contribution in [2.24, 2.45) is 5.73 Å². The molecule has 1 aromatic carbocycles. The summed E-state index contributed by atoms with van der Waals surface area (Å²) in [5, 5.41) is 5.46. The Bertz CT molecular complexity index is 614. The number of carbonyl (C=O) groups excluding carboxylic acids is 1. The molecule has 2 aromatic rings. The quantitative estimate of drug-likeness (QED) is 0.778. The van der Waals surface area contributed by atoms with Gasteiger partial charge in [0.05, 0.1) is 0 Å². The summed E-state index contributed by atoms with van der Waals surface area (Å²) in [5.41, 5.74) is 7.26. The smallest absolute Gasteiger partial charge is 0.270 e. The number of nitrogens with two attached hydrogens (primary N) is 1. The van der Waals surface area contributed by atoms with Crippen LogP contribution in [0.15, 0.2) is 35.7 Å². The molecule has 0 aliphatic heterocycles. The number of hydrogen-bond acceptors (Lipinski definition) is 5. The molecule has 0 saturated carbocycles. The maximum absolute atomic E-state index is 12.0. The van der Waals surface area contributed by atoms with E-state index in [1.807, 2.05) is 6.07 Å². The van der Waals surface area contributed by atoms with Gasteiger partial charge in [-0.1, -0.05) is 30.3 Å². The van der Waals surface area contributed by atoms with Crippen molar-refractivity contribution in [3.8, 4) is 0 Å². The molecular formula is C17H24N4OS. The first-order chi connectivity index (χ1) is 11.1. The summed E-state index contributed by atoms with van der Waals surface area (Å²) in [6.45, 7) is 4.08. The highest BCUT2D eigenvalue weighted by Gasteiger charge is 2.12. The lowest BCUT2D eigenvalue weighted by Gasteiger charge is -2.24. The normalized spacial score (nSPS) is 12.3. The van der Waals surface area contributed by atoms with Crippen LogP contribution in [0, 0.1) is 0 Å². The van der Waals surface area contributed by atoms with Crippen molar-refractivity contribution in [2.75, 3.05) is 13.6 Å². The van der Waals surface area contributed by atoms with Gasteiger partial charge >= 0.3 is 0 Å². The lowest BCUT2D eigenvalue weighted by atomic mass is 10.1. The minimum absolute atomic E-state index is 0.126. The van der Waals surface area contributed by atoms with Crippen molar-refractivity contribution in [3.63, 3.8) is 0 Å². The Labute approximate surface area is 141 Å². The highest BCUT2D eigenvalue weighted by molar-refractivity contribution is 7.09. The molecule has 1 heterocycles. The molecule has 1 aromatic heterocycles. The molecule has 0 aliphatic rings. The summed E-state index contributed by atoms with van der Waals surface area (Å²) in [5.74, 6) is -0.126. The number of thiazole rings is 1. The van der Waals surface area contributed by atoms with Crippen LogP contribution in [-0.4, -0.2) is 35.4 Å². The average Bonchev–Trinajstić information content (AvgIpc) is 3.04. The van der Waals surface area contributed by atoms with E-state index in [-0.39, 0.29) is 5.91 Å². The molecule has 1 unspecified atom stereocenters. The number of nitrogens with one attached hydrogen (secondary N) is 1. The number of carbonyl (C=O) groups is 1. The molecule has 5 nitrogen and oxygen atoms in total. The number of nitrogens with zero attached hydrogens (tertiary/aromatic N) is 2. The van der Waals surface area contributed by atoms with Crippen molar-refractivity contribution < 1.29 is 4.79 Å². The molecule has 1 amide bonds. The molecule has 0 radical (unpaired) electrons. The third-order valence-electron chi connectivity index (χ3n) is 3.83. The first kappa shape index (κ1) is 17.6. The van der Waals surface area contributed by atoms with E-state index in [1.165, 1.54) is 16.9 Å². The molecule has 0 fully saturated rings. The fraction of sp³-hybridized carbons (Fsp3) is 0.412. The van der Waals surface area contributed by atoms with E-state index in [9.17, 15) is 4.79 Å². The van der Waals surface area contributed by atoms with Crippen LogP contribution < -0.4 is 11.1 Å². The highest BCUT2D eigenvalue weighted by Crippen LogP contribution is 2.10. The van der Waals surface area contributed by atoms with Gasteiger partial charge in [-0.3, -0.25) is 9.69 Å². The Morgan fingerprint density at radius 3 is 2.78 bits per heavy atom. The maximum atomic E-state index is 12.0. The Hall–Kier alpha value is -1.76. The third-order valence-corrected chi connectivity index (χ3v) is 4.71. The van der Waals surface area contributed by atoms with Gasteiger partial charge in [-0.15, -0.1) is 11.3 Å². The SMILES string of the molecule is CC(CCNC(=O)c1csc(CN)n1)N(C)Cc1ccccc1. The molecule has 0 spiro atoms. The Balaban J connectivity index is 1.73. The van der Waals surface area contributed by atoms with E-state index in [4.69, 9.17) is 5.73 Å². The van der Waals surface area contributed by atoms with E-state index in [0.29, 0.717) is 24.8 Å². The second-order valence-corrected chi connectivity index (χ2v) is 6.57. The zero-order chi connectivity index (χ0) is 16.7. The Morgan fingerprint density at radius 1 is 1.39 bits per heavy atom. The largest absolute Gasteiger partial charge is 0.351 e. The number of rotatable bonds is 8. The third kappa shape index (κ3) is 5.42. The van der Waals surface area contributed by atoms with Crippen LogP contribution in [0.3, 0.4) is 0 Å². The van der Waals surface area contributed by atoms with Crippen LogP contribution in [0.4, 0.5) is 0 Å². The summed E-state index contributed by atoms with van der Waals surface area (Å²) in [4.78, 5) is 18.5. The van der Waals surface area contributed by atoms with Gasteiger partial charge in [0.2, 0.25) is 0 Å². The van der Waals surface area contributed by atoms with Crippen LogP contribution in [0.2, 0.25) is 0 Å². The van der Waals surface area contributed by atoms with Crippen molar-refractivity contribution in [1.82, 2.24) is 15.2 Å². The molecular weight excluding hydrogens is 308 g/mol. The zero-order valence-electron chi connectivity index (χ0n) is 13.7. The van der Waals surface area contributed by atoms with Gasteiger partial charge in [-0.25, -0.2) is 4.98 Å². The van der Waals surface area contributed by atoms with E-state index >= 15 is 0 Å². The van der Waals surface area contributed by atoms with Crippen LogP contribution in [-0.2, 0) is 13.1 Å². The minimum atomic E-state index is -0.126. The Morgan fingerprint density at radius 2 is 2.13 bits per heavy atom. The standard InChI is InChI=1S/C17H24N4OS/c1-13(21(2)11-14-6-4-3-5-7-14)8-9-19-17(22)15-12-23-16(10-18)20-15/h3-7,12-13H,8-11,18H2,1-2H3,(H,19,22). The van der Waals surface area contributed by atoms with Crippen LogP contribution in [0.5, 0.6) is 0 Å². The van der Waals surface area contributed by atoms with Crippen molar-refractivity contribution in [2.45, 2.75) is 32.5 Å². The molecule has 0 saturated heterocycles. The van der Waals surface area contributed by atoms with Crippen LogP contribution >= 0.6 is 11.3 Å². The first-order valence-electron chi connectivity index (χ1n) is 7.77. The topological polar surface area (TPSA) is 71.2 Å². The fourth-order valence-electron chi connectivity index (χ4n) is 2.24. The lowest BCUT2D eigenvalue weighted by Crippen LogP contribution is -2.33. The highest BCUT2D eigenvalue weighted by atomic mass is 32.1. The Kier molecular flexibility index (Phi) is 6.70. The molecule has 1 atom stereocenters. The van der Waals surface area contributed by atoms with Gasteiger partial charge in [0.15, 0.2) is 0 Å². The van der Waals surface area contributed by atoms with Gasteiger partial charge in [0, 0.05) is 31.1 Å². The predicted molar refractivity (Wildman–Crippen MR) is 94.3 cm³/mol. The molecule has 0 bridgehead atoms. The first-order valence-corrected chi connectivity index (χ1v) is 8.65. The van der Waals surface area contributed by atoms with Gasteiger partial charge in [0.25, 0.3) is 5.91 Å². The lowest BCUT2D eigenvalue weighted by molar-refractivity contribution is 0.0944. The summed E-state index contributed by atoms with van der Waals surface area (Å²) >= 11 is 1.42. The maximum Gasteiger partial charge on any atom is 0.270 e. The summed E-state index contributed by atoms with van der Waals surface area (Å²) < 4.78 is 0. The van der Waals surface area contributed by atoms with Gasteiger partial charge < -0.3 is 11.1 Å². The number of aromatic nitrogens is 1. The molecule has 23 heavy (non-hydrogen) atoms. The molecule has 2 rings (SSSR count). The minimum Gasteiger partial charge on any atom is -0.351 e. The molecule has 124 valence electrons. The van der Waals surface area contributed by atoms with Gasteiger partial charge in [-0.05, 0) is 26.0 Å². The van der Waals surface area contributed by atoms with E-state index in [2.05, 4.69) is 53.4 Å². The van der Waals surface area contributed by atoms with Crippen molar-refractivity contribution in [1.29, 1.82) is 0 Å². The fourth-order valence-corrected chi connectivity index (χ4v) is 2.90. The predicted octanol–water partition coefficient (Wildman–Crippen LogP) is 2.24. The molecule has 6 heteroatoms. The molecule has 3 N–H and O–H groups in total. The zero-order valence-corrected chi connectivity index (χ0v) is 14.5. The average molecular weight is 332 g/mol. The van der Waals surface area contributed by atoms with E-state index in [0.717, 1.165) is 18.0 Å². The van der Waals surface area contributed by atoms with Gasteiger partial charge in [-0.2, -0.15) is 0 Å². The number of benzene rings is 1. The second-order valence-electron chi connectivity index (χ2n) is 5.62. The van der Waals surface area contributed by atoms with E-state index < -0.39 is 0 Å². The summed E-state index contributed by atoms with van der Waals surface area (Å²) in [7, 11) is 2.10. The van der Waals surface area contributed by atoms with Crippen LogP contribution in [0.25, 0.3) is 0 Å². The van der Waals surface area contributed by atoms with Crippen molar-refractivity contribution >= 4 is 17.2 Å². The second kappa shape index (κ2) is 8.76. The summed E-state index contributed by atoms with van der Waals surface area (Å²) in [6.07, 6.45) is 0.892. The van der Waals surface area contributed by atoms with E-state index in [1.54, 1.807) is 5.38 Å². The summed E-state index contributed by atoms with van der Waals surface area (Å²) in [6, 6.07) is 10.8. The number of amides is 1. The molecule has 0 aliphatic carbocycles. The number of hydrogen-bond donors (Lipinski definition) is 2.